The molecule has 2 aromatic rings. The van der Waals surface area contributed by atoms with Crippen LogP contribution in [0.4, 0.5) is 5.69 Å². The molecule has 2 heterocycles. The van der Waals surface area contributed by atoms with Crippen molar-refractivity contribution in [1.29, 1.82) is 0 Å². The van der Waals surface area contributed by atoms with Crippen LogP contribution in [-0.4, -0.2) is 52.5 Å². The van der Waals surface area contributed by atoms with Gasteiger partial charge in [-0.05, 0) is 113 Å². The Morgan fingerprint density at radius 3 is 2.43 bits per heavy atom. The van der Waals surface area contributed by atoms with Gasteiger partial charge >= 0.3 is 0 Å². The number of carbonyl (C=O) groups is 1. The molecule has 9 heteroatoms. The molecule has 0 saturated heterocycles. The van der Waals surface area contributed by atoms with Crippen LogP contribution in [0, 0.1) is 17.8 Å². The van der Waals surface area contributed by atoms with Crippen molar-refractivity contribution >= 4 is 33.2 Å². The number of amides is 1. The number of benzene rings is 2. The first-order valence-corrected chi connectivity index (χ1v) is 20.0. The van der Waals surface area contributed by atoms with Gasteiger partial charge in [0, 0.05) is 36.7 Å². The van der Waals surface area contributed by atoms with Crippen LogP contribution >= 0.6 is 11.6 Å². The van der Waals surface area contributed by atoms with Gasteiger partial charge in [0.1, 0.15) is 5.75 Å². The number of ether oxygens (including phenoxy) is 2. The van der Waals surface area contributed by atoms with Crippen molar-refractivity contribution in [2.24, 2.45) is 17.8 Å². The zero-order chi connectivity index (χ0) is 36.3. The third kappa shape index (κ3) is 10.6. The van der Waals surface area contributed by atoms with E-state index in [0.717, 1.165) is 42.9 Å². The van der Waals surface area contributed by atoms with Gasteiger partial charge in [0.15, 0.2) is 0 Å². The predicted octanol–water partition coefficient (Wildman–Crippen LogP) is 9.36. The third-order valence-electron chi connectivity index (χ3n) is 10.1. The van der Waals surface area contributed by atoms with Gasteiger partial charge < -0.3 is 14.4 Å². The van der Waals surface area contributed by atoms with E-state index in [1.165, 1.54) is 16.7 Å². The van der Waals surface area contributed by atoms with Crippen molar-refractivity contribution in [2.45, 2.75) is 105 Å². The molecule has 1 saturated carbocycles. The molecule has 49 heavy (non-hydrogen) atoms. The van der Waals surface area contributed by atoms with Crippen molar-refractivity contribution in [3.05, 3.63) is 81.9 Å². The average Bonchev–Trinajstić information content (AvgIpc) is 3.25. The Hall–Kier alpha value is -2.81. The summed E-state index contributed by atoms with van der Waals surface area (Å²) in [6.07, 6.45) is 10.9. The van der Waals surface area contributed by atoms with Crippen LogP contribution in [0.2, 0.25) is 5.02 Å². The molecule has 6 unspecified atom stereocenters. The van der Waals surface area contributed by atoms with Crippen LogP contribution in [0.3, 0.4) is 0 Å². The minimum absolute atomic E-state index is 0.0345. The van der Waals surface area contributed by atoms with E-state index >= 15 is 0 Å². The van der Waals surface area contributed by atoms with E-state index in [9.17, 15) is 13.2 Å². The summed E-state index contributed by atoms with van der Waals surface area (Å²) in [5.74, 6) is 0.771. The Kier molecular flexibility index (Phi) is 15.7. The fourth-order valence-electron chi connectivity index (χ4n) is 6.59. The molecule has 3 aliphatic rings. The van der Waals surface area contributed by atoms with Crippen LogP contribution in [-0.2, 0) is 21.2 Å². The third-order valence-corrected chi connectivity index (χ3v) is 12.2. The first kappa shape index (κ1) is 40.6. The van der Waals surface area contributed by atoms with Crippen LogP contribution in [0.5, 0.6) is 5.75 Å². The van der Waals surface area contributed by atoms with E-state index in [1.54, 1.807) is 32.2 Å². The Labute approximate surface area is 301 Å². The predicted molar refractivity (Wildman–Crippen MR) is 205 cm³/mol. The number of nitrogens with zero attached hydrogens (tertiary/aromatic N) is 1. The van der Waals surface area contributed by atoms with Gasteiger partial charge in [-0.3, -0.25) is 4.79 Å². The maximum Gasteiger partial charge on any atom is 0.264 e. The van der Waals surface area contributed by atoms with Crippen molar-refractivity contribution in [2.75, 3.05) is 31.7 Å². The molecule has 7 nitrogen and oxygen atoms in total. The van der Waals surface area contributed by atoms with Gasteiger partial charge in [0.05, 0.1) is 23.6 Å². The lowest BCUT2D eigenvalue weighted by Gasteiger charge is -2.43. The molecule has 1 aliphatic carbocycles. The quantitative estimate of drug-likeness (QED) is 0.318. The monoisotopic (exact) mass is 714 g/mol. The van der Waals surface area contributed by atoms with Gasteiger partial charge in [-0.2, -0.15) is 0 Å². The summed E-state index contributed by atoms with van der Waals surface area (Å²) < 4.78 is 41.0. The molecule has 0 aromatic heterocycles. The van der Waals surface area contributed by atoms with E-state index in [4.69, 9.17) is 21.1 Å². The summed E-state index contributed by atoms with van der Waals surface area (Å²) >= 11 is 6.39. The lowest BCUT2D eigenvalue weighted by Crippen LogP contribution is -2.44. The number of fused-ring (bicyclic) bond motifs is 2. The molecule has 1 N–H and O–H groups in total. The summed E-state index contributed by atoms with van der Waals surface area (Å²) in [6, 6.07) is 11.4. The fraction of sp³-hybridized carbons (Fsp3) is 0.575. The summed E-state index contributed by atoms with van der Waals surface area (Å²) in [5.41, 5.74) is 4.96. The standard InChI is InChI=1S/C33H43ClN2O5S.C5H10.C2H6/c1-5-7-23-16-27(34)12-14-28(23)26-19-36-18-25-10-13-29(25)31(40-4)9-6-8-21(2)22(3)42(38,39)35-33(37)24-11-15-32(41-20-26)30(36)17-24;1-4-5(2)3;1-2/h6,9,11-12,14-17,21-22,25-26,29,31H,5,7-8,10,13,18-20H2,1-4H3,(H,35,37);4H,1-3H3;1-2H3/b9-6+;;. The molecule has 1 amide bonds. The summed E-state index contributed by atoms with van der Waals surface area (Å²) in [4.78, 5) is 15.6. The Balaban J connectivity index is 0.000000852. The summed E-state index contributed by atoms with van der Waals surface area (Å²) in [7, 11) is -2.13. The molecule has 0 radical (unpaired) electrons. The van der Waals surface area contributed by atoms with Crippen molar-refractivity contribution in [3.63, 3.8) is 0 Å². The van der Waals surface area contributed by atoms with Gasteiger partial charge in [0.2, 0.25) is 10.0 Å². The molecular formula is C40H59ClN2O5S. The van der Waals surface area contributed by atoms with Crippen molar-refractivity contribution < 1.29 is 22.7 Å². The molecular weight excluding hydrogens is 656 g/mol. The molecule has 5 rings (SSSR count). The second-order valence-corrected chi connectivity index (χ2v) is 16.1. The Morgan fingerprint density at radius 1 is 1.10 bits per heavy atom. The highest BCUT2D eigenvalue weighted by Crippen LogP contribution is 2.43. The number of methoxy groups -OCH3 is 1. The highest BCUT2D eigenvalue weighted by Gasteiger charge is 2.39. The highest BCUT2D eigenvalue weighted by atomic mass is 35.5. The second-order valence-electron chi connectivity index (χ2n) is 13.6. The number of hydrogen-bond acceptors (Lipinski definition) is 6. The van der Waals surface area contributed by atoms with Crippen molar-refractivity contribution in [1.82, 2.24) is 4.72 Å². The highest BCUT2D eigenvalue weighted by molar-refractivity contribution is 7.90. The molecule has 2 aromatic carbocycles. The van der Waals surface area contributed by atoms with Gasteiger partial charge in [-0.25, -0.2) is 13.1 Å². The molecule has 2 bridgehead atoms. The Morgan fingerprint density at radius 2 is 1.82 bits per heavy atom. The van der Waals surface area contributed by atoms with Crippen LogP contribution in [0.15, 0.2) is 60.2 Å². The number of carbonyl (C=O) groups excluding carboxylic acids is 1. The first-order chi connectivity index (χ1) is 23.4. The van der Waals surface area contributed by atoms with Gasteiger partial charge in [0.25, 0.3) is 5.91 Å². The number of halogens is 1. The van der Waals surface area contributed by atoms with E-state index < -0.39 is 21.2 Å². The van der Waals surface area contributed by atoms with Crippen LogP contribution < -0.4 is 14.4 Å². The molecule has 0 spiro atoms. The molecule has 6 atom stereocenters. The lowest BCUT2D eigenvalue weighted by atomic mass is 9.70. The zero-order valence-corrected chi connectivity index (χ0v) is 32.7. The van der Waals surface area contributed by atoms with Gasteiger partial charge in [-0.1, -0.05) is 75.6 Å². The molecule has 272 valence electrons. The number of sulfonamides is 1. The summed E-state index contributed by atoms with van der Waals surface area (Å²) in [5, 5.41) is -0.00936. The largest absolute Gasteiger partial charge is 0.491 e. The van der Waals surface area contributed by atoms with Crippen LogP contribution in [0.1, 0.15) is 108 Å². The van der Waals surface area contributed by atoms with E-state index in [-0.39, 0.29) is 17.9 Å². The maximum absolute atomic E-state index is 13.3. The zero-order valence-electron chi connectivity index (χ0n) is 31.1. The number of aryl methyl sites for hydroxylation is 1. The second kappa shape index (κ2) is 19.0. The maximum atomic E-state index is 13.3. The molecule has 1 fully saturated rings. The van der Waals surface area contributed by atoms with Crippen LogP contribution in [0.25, 0.3) is 0 Å². The van der Waals surface area contributed by atoms with E-state index in [1.807, 2.05) is 39.8 Å². The van der Waals surface area contributed by atoms with E-state index in [2.05, 4.69) is 54.7 Å². The minimum atomic E-state index is -3.88. The Bertz CT molecular complexity index is 1550. The normalized spacial score (nSPS) is 26.7. The fourth-order valence-corrected chi connectivity index (χ4v) is 8.07. The number of anilines is 1. The minimum Gasteiger partial charge on any atom is -0.491 e. The lowest BCUT2D eigenvalue weighted by molar-refractivity contribution is 0.0134. The van der Waals surface area contributed by atoms with E-state index in [0.29, 0.717) is 42.7 Å². The smallest absolute Gasteiger partial charge is 0.264 e. The topological polar surface area (TPSA) is 84.9 Å². The number of allylic oxidation sites excluding steroid dienone is 3. The average molecular weight is 715 g/mol. The summed E-state index contributed by atoms with van der Waals surface area (Å²) in [6.45, 7) is 17.9. The SMILES string of the molecule is CC.CC=C(C)C.CCCc1cc(Cl)ccc1C1COc2ccc3cc2N(C1)CC1CCC1C(OC)/C=C/CC(C)C(C)S(=O)(=O)NC3=O. The number of nitrogens with one attached hydrogen (secondary N) is 1. The van der Waals surface area contributed by atoms with Gasteiger partial charge in [-0.15, -0.1) is 0 Å². The number of rotatable bonds is 4. The number of hydrogen-bond donors (Lipinski definition) is 1. The molecule has 2 aliphatic heterocycles. The van der Waals surface area contributed by atoms with Crippen molar-refractivity contribution in [3.8, 4) is 5.75 Å². The first-order valence-electron chi connectivity index (χ1n) is 18.0.